The van der Waals surface area contributed by atoms with Gasteiger partial charge >= 0.3 is 0 Å². The van der Waals surface area contributed by atoms with E-state index in [-0.39, 0.29) is 6.10 Å². The lowest BCUT2D eigenvalue weighted by Crippen LogP contribution is -2.25. The molecule has 0 heterocycles. The Hall–Kier alpha value is -0.860. The van der Waals surface area contributed by atoms with E-state index >= 15 is 0 Å². The van der Waals surface area contributed by atoms with Crippen LogP contribution in [-0.2, 0) is 6.42 Å². The van der Waals surface area contributed by atoms with Crippen molar-refractivity contribution < 1.29 is 5.11 Å². The van der Waals surface area contributed by atoms with Crippen LogP contribution in [0.3, 0.4) is 0 Å². The van der Waals surface area contributed by atoms with Crippen LogP contribution in [0.25, 0.3) is 0 Å². The van der Waals surface area contributed by atoms with E-state index in [9.17, 15) is 5.11 Å². The van der Waals surface area contributed by atoms with Crippen molar-refractivity contribution in [2.45, 2.75) is 19.4 Å². The molecule has 2 heteroatoms. The number of aliphatic hydroxyl groups is 1. The van der Waals surface area contributed by atoms with Crippen molar-refractivity contribution >= 4 is 0 Å². The van der Waals surface area contributed by atoms with E-state index in [1.165, 1.54) is 11.1 Å². The van der Waals surface area contributed by atoms with Gasteiger partial charge in [-0.15, -0.1) is 0 Å². The Morgan fingerprint density at radius 1 is 1.46 bits per heavy atom. The Kier molecular flexibility index (Phi) is 3.93. The average Bonchev–Trinajstić information content (AvgIpc) is 2.04. The first kappa shape index (κ1) is 10.2. The van der Waals surface area contributed by atoms with Gasteiger partial charge in [0.25, 0.3) is 0 Å². The second-order valence-electron chi connectivity index (χ2n) is 3.40. The van der Waals surface area contributed by atoms with Crippen LogP contribution in [0.5, 0.6) is 0 Å². The Labute approximate surface area is 79.6 Å². The smallest absolute Gasteiger partial charge is 0.0704 e. The molecule has 0 fully saturated rings. The number of rotatable bonds is 4. The van der Waals surface area contributed by atoms with E-state index in [1.807, 2.05) is 19.2 Å². The van der Waals surface area contributed by atoms with Crippen LogP contribution in [-0.4, -0.2) is 24.8 Å². The fourth-order valence-electron chi connectivity index (χ4n) is 1.42. The molecule has 72 valence electrons. The Morgan fingerprint density at radius 3 is 2.85 bits per heavy atom. The van der Waals surface area contributed by atoms with Gasteiger partial charge in [0.05, 0.1) is 6.10 Å². The Bertz CT molecular complexity index is 260. The van der Waals surface area contributed by atoms with Gasteiger partial charge in [-0.05, 0) is 26.0 Å². The lowest BCUT2D eigenvalue weighted by atomic mass is 10.1. The van der Waals surface area contributed by atoms with Crippen molar-refractivity contribution in [3.63, 3.8) is 0 Å². The fourth-order valence-corrected chi connectivity index (χ4v) is 1.42. The summed E-state index contributed by atoms with van der Waals surface area (Å²) in [7, 11) is 1.85. The summed E-state index contributed by atoms with van der Waals surface area (Å²) in [6.07, 6.45) is 0.439. The minimum atomic E-state index is -0.285. The van der Waals surface area contributed by atoms with Crippen molar-refractivity contribution in [2.75, 3.05) is 13.6 Å². The number of hydrogen-bond donors (Lipinski definition) is 2. The molecule has 0 radical (unpaired) electrons. The van der Waals surface area contributed by atoms with E-state index in [2.05, 4.69) is 24.4 Å². The highest BCUT2D eigenvalue weighted by atomic mass is 16.3. The number of hydrogen-bond acceptors (Lipinski definition) is 2. The molecule has 0 saturated carbocycles. The summed E-state index contributed by atoms with van der Waals surface area (Å²) < 4.78 is 0. The zero-order valence-corrected chi connectivity index (χ0v) is 8.25. The fraction of sp³-hybridized carbons (Fsp3) is 0.455. The number of aliphatic hydroxyl groups excluding tert-OH is 1. The number of nitrogens with one attached hydrogen (secondary N) is 1. The second-order valence-corrected chi connectivity index (χ2v) is 3.40. The van der Waals surface area contributed by atoms with Crippen LogP contribution >= 0.6 is 0 Å². The summed E-state index contributed by atoms with van der Waals surface area (Å²) in [5, 5.41) is 12.5. The SMILES string of the molecule is CNCC(O)Cc1cccc(C)c1. The first-order valence-corrected chi connectivity index (χ1v) is 4.60. The maximum absolute atomic E-state index is 9.53. The Morgan fingerprint density at radius 2 is 2.23 bits per heavy atom. The second kappa shape index (κ2) is 5.00. The van der Waals surface area contributed by atoms with Crippen molar-refractivity contribution in [1.82, 2.24) is 5.32 Å². The summed E-state index contributed by atoms with van der Waals surface area (Å²) >= 11 is 0. The monoisotopic (exact) mass is 179 g/mol. The van der Waals surface area contributed by atoms with E-state index in [0.29, 0.717) is 6.54 Å². The van der Waals surface area contributed by atoms with Gasteiger partial charge in [-0.2, -0.15) is 0 Å². The molecule has 0 spiro atoms. The number of aryl methyl sites for hydroxylation is 1. The highest BCUT2D eigenvalue weighted by Crippen LogP contribution is 2.06. The van der Waals surface area contributed by atoms with Gasteiger partial charge < -0.3 is 10.4 Å². The molecule has 0 amide bonds. The van der Waals surface area contributed by atoms with Gasteiger partial charge in [-0.25, -0.2) is 0 Å². The first-order valence-electron chi connectivity index (χ1n) is 4.60. The van der Waals surface area contributed by atoms with Crippen molar-refractivity contribution in [1.29, 1.82) is 0 Å². The molecular weight excluding hydrogens is 162 g/mol. The average molecular weight is 179 g/mol. The molecule has 1 aromatic carbocycles. The molecule has 0 aliphatic carbocycles. The van der Waals surface area contributed by atoms with E-state index in [1.54, 1.807) is 0 Å². The maximum atomic E-state index is 9.53. The zero-order chi connectivity index (χ0) is 9.68. The van der Waals surface area contributed by atoms with Crippen LogP contribution in [0.4, 0.5) is 0 Å². The highest BCUT2D eigenvalue weighted by Gasteiger charge is 2.03. The summed E-state index contributed by atoms with van der Waals surface area (Å²) in [4.78, 5) is 0. The molecule has 2 nitrogen and oxygen atoms in total. The minimum absolute atomic E-state index is 0.285. The van der Waals surface area contributed by atoms with Crippen molar-refractivity contribution in [2.24, 2.45) is 0 Å². The molecule has 13 heavy (non-hydrogen) atoms. The van der Waals surface area contributed by atoms with E-state index in [0.717, 1.165) is 6.42 Å². The predicted octanol–water partition coefficient (Wildman–Crippen LogP) is 1.12. The van der Waals surface area contributed by atoms with Gasteiger partial charge in [-0.3, -0.25) is 0 Å². The van der Waals surface area contributed by atoms with Gasteiger partial charge in [0, 0.05) is 6.54 Å². The summed E-state index contributed by atoms with van der Waals surface area (Å²) in [6.45, 7) is 2.71. The van der Waals surface area contributed by atoms with Crippen LogP contribution in [0.15, 0.2) is 24.3 Å². The third-order valence-corrected chi connectivity index (χ3v) is 1.99. The normalized spacial score (nSPS) is 12.8. The van der Waals surface area contributed by atoms with Gasteiger partial charge in [-0.1, -0.05) is 29.8 Å². The highest BCUT2D eigenvalue weighted by molar-refractivity contribution is 5.22. The standard InChI is InChI=1S/C11H17NO/c1-9-4-3-5-10(6-9)7-11(13)8-12-2/h3-6,11-13H,7-8H2,1-2H3. The van der Waals surface area contributed by atoms with Crippen LogP contribution < -0.4 is 5.32 Å². The molecule has 1 unspecified atom stereocenters. The molecule has 1 aromatic rings. The molecule has 0 aliphatic heterocycles. The molecule has 0 aromatic heterocycles. The lowest BCUT2D eigenvalue weighted by Gasteiger charge is -2.09. The van der Waals surface area contributed by atoms with Crippen molar-refractivity contribution in [3.8, 4) is 0 Å². The third-order valence-electron chi connectivity index (χ3n) is 1.99. The number of benzene rings is 1. The molecule has 0 saturated heterocycles. The van der Waals surface area contributed by atoms with Crippen LogP contribution in [0, 0.1) is 6.92 Å². The van der Waals surface area contributed by atoms with Gasteiger partial charge in [0.15, 0.2) is 0 Å². The molecule has 1 atom stereocenters. The van der Waals surface area contributed by atoms with E-state index < -0.39 is 0 Å². The number of likely N-dealkylation sites (N-methyl/N-ethyl adjacent to an activating group) is 1. The molecule has 0 bridgehead atoms. The van der Waals surface area contributed by atoms with Gasteiger partial charge in [0.2, 0.25) is 0 Å². The summed E-state index contributed by atoms with van der Waals surface area (Å²) in [5.41, 5.74) is 2.44. The quantitative estimate of drug-likeness (QED) is 0.726. The summed E-state index contributed by atoms with van der Waals surface area (Å²) in [5.74, 6) is 0. The van der Waals surface area contributed by atoms with Crippen molar-refractivity contribution in [3.05, 3.63) is 35.4 Å². The minimum Gasteiger partial charge on any atom is -0.391 e. The van der Waals surface area contributed by atoms with Crippen LogP contribution in [0.2, 0.25) is 0 Å². The molecular formula is C11H17NO. The van der Waals surface area contributed by atoms with Crippen LogP contribution in [0.1, 0.15) is 11.1 Å². The Balaban J connectivity index is 2.53. The molecule has 0 aliphatic rings. The zero-order valence-electron chi connectivity index (χ0n) is 8.25. The molecule has 1 rings (SSSR count). The third kappa shape index (κ3) is 3.57. The predicted molar refractivity (Wildman–Crippen MR) is 54.8 cm³/mol. The topological polar surface area (TPSA) is 32.3 Å². The molecule has 2 N–H and O–H groups in total. The van der Waals surface area contributed by atoms with E-state index in [4.69, 9.17) is 0 Å². The summed E-state index contributed by atoms with van der Waals surface area (Å²) in [6, 6.07) is 8.25. The largest absolute Gasteiger partial charge is 0.391 e. The first-order chi connectivity index (χ1) is 6.22. The van der Waals surface area contributed by atoms with Gasteiger partial charge in [0.1, 0.15) is 0 Å². The lowest BCUT2D eigenvalue weighted by molar-refractivity contribution is 0.175. The maximum Gasteiger partial charge on any atom is 0.0704 e.